The minimum absolute atomic E-state index is 0.222. The summed E-state index contributed by atoms with van der Waals surface area (Å²) < 4.78 is 5.42. The number of carbonyl (C=O) groups is 2. The molecule has 0 radical (unpaired) electrons. The molecule has 0 bridgehead atoms. The van der Waals surface area contributed by atoms with Crippen LogP contribution in [0.3, 0.4) is 0 Å². The standard InChI is InChI=1S/C22H36O3/c1-15-3-5-16(6-4-15)21(23)17-7-9-18(10-8-17)22(24)19-11-13-20(25-2)14-12-19/h15-20H,3-14H2,1-2H3. The van der Waals surface area contributed by atoms with Gasteiger partial charge in [0.05, 0.1) is 6.10 Å². The Bertz CT molecular complexity index is 448. The van der Waals surface area contributed by atoms with Gasteiger partial charge in [0.2, 0.25) is 0 Å². The van der Waals surface area contributed by atoms with Gasteiger partial charge in [-0.15, -0.1) is 0 Å². The Morgan fingerprint density at radius 2 is 0.920 bits per heavy atom. The van der Waals surface area contributed by atoms with Crippen molar-refractivity contribution >= 4 is 11.6 Å². The van der Waals surface area contributed by atoms with Crippen LogP contribution < -0.4 is 0 Å². The second-order valence-corrected chi connectivity index (χ2v) is 9.02. The highest BCUT2D eigenvalue weighted by Crippen LogP contribution is 2.38. The maximum Gasteiger partial charge on any atom is 0.139 e. The lowest BCUT2D eigenvalue weighted by Crippen LogP contribution is -2.34. The Morgan fingerprint density at radius 1 is 0.600 bits per heavy atom. The monoisotopic (exact) mass is 348 g/mol. The van der Waals surface area contributed by atoms with Gasteiger partial charge in [-0.05, 0) is 70.1 Å². The summed E-state index contributed by atoms with van der Waals surface area (Å²) >= 11 is 0. The summed E-state index contributed by atoms with van der Waals surface area (Å²) in [7, 11) is 1.78. The summed E-state index contributed by atoms with van der Waals surface area (Å²) in [6.45, 7) is 2.30. The SMILES string of the molecule is COC1CCC(C(=O)C2CCC(C(=O)C3CCC(C)CC3)CC2)CC1. The first-order chi connectivity index (χ1) is 12.1. The Labute approximate surface area is 153 Å². The van der Waals surface area contributed by atoms with E-state index in [2.05, 4.69) is 6.92 Å². The summed E-state index contributed by atoms with van der Waals surface area (Å²) in [5, 5.41) is 0. The fourth-order valence-electron chi connectivity index (χ4n) is 5.46. The summed E-state index contributed by atoms with van der Waals surface area (Å²) in [5.74, 6) is 2.85. The fraction of sp³-hybridized carbons (Fsp3) is 0.909. The van der Waals surface area contributed by atoms with Crippen molar-refractivity contribution in [3.8, 4) is 0 Å². The predicted octanol–water partition coefficient (Wildman–Crippen LogP) is 4.96. The summed E-state index contributed by atoms with van der Waals surface area (Å²) in [6, 6.07) is 0. The molecule has 0 aliphatic heterocycles. The van der Waals surface area contributed by atoms with Crippen LogP contribution in [0.5, 0.6) is 0 Å². The van der Waals surface area contributed by atoms with E-state index in [0.29, 0.717) is 23.6 Å². The second-order valence-electron chi connectivity index (χ2n) is 9.02. The number of rotatable bonds is 5. The highest BCUT2D eigenvalue weighted by Gasteiger charge is 2.36. The fourth-order valence-corrected chi connectivity index (χ4v) is 5.46. The van der Waals surface area contributed by atoms with Gasteiger partial charge in [0.15, 0.2) is 0 Å². The molecule has 0 unspecified atom stereocenters. The predicted molar refractivity (Wildman–Crippen MR) is 99.3 cm³/mol. The molecule has 0 N–H and O–H groups in total. The van der Waals surface area contributed by atoms with Gasteiger partial charge in [-0.1, -0.05) is 19.8 Å². The third-order valence-corrected chi connectivity index (χ3v) is 7.36. The Hall–Kier alpha value is -0.700. The molecular formula is C22H36O3. The Balaban J connectivity index is 1.44. The molecule has 3 aliphatic rings. The van der Waals surface area contributed by atoms with Crippen molar-refractivity contribution < 1.29 is 14.3 Å². The van der Waals surface area contributed by atoms with E-state index in [-0.39, 0.29) is 17.8 Å². The van der Waals surface area contributed by atoms with Gasteiger partial charge in [-0.25, -0.2) is 0 Å². The highest BCUT2D eigenvalue weighted by molar-refractivity contribution is 5.85. The zero-order valence-corrected chi connectivity index (χ0v) is 16.2. The molecule has 3 aliphatic carbocycles. The first-order valence-electron chi connectivity index (χ1n) is 10.7. The van der Waals surface area contributed by atoms with Gasteiger partial charge in [0, 0.05) is 30.8 Å². The molecule has 3 nitrogen and oxygen atoms in total. The first kappa shape index (κ1) is 19.1. The van der Waals surface area contributed by atoms with Crippen molar-refractivity contribution in [3.05, 3.63) is 0 Å². The van der Waals surface area contributed by atoms with Crippen molar-refractivity contribution in [2.45, 2.75) is 90.1 Å². The van der Waals surface area contributed by atoms with Crippen LogP contribution in [0.4, 0.5) is 0 Å². The van der Waals surface area contributed by atoms with Crippen LogP contribution >= 0.6 is 0 Å². The Morgan fingerprint density at radius 3 is 1.28 bits per heavy atom. The van der Waals surface area contributed by atoms with E-state index in [1.807, 2.05) is 0 Å². The lowest BCUT2D eigenvalue weighted by Gasteiger charge is -2.34. The Kier molecular flexibility index (Phi) is 6.71. The normalized spacial score (nSPS) is 39.8. The molecule has 25 heavy (non-hydrogen) atoms. The van der Waals surface area contributed by atoms with Gasteiger partial charge in [0.1, 0.15) is 11.6 Å². The van der Waals surface area contributed by atoms with Crippen molar-refractivity contribution in [1.82, 2.24) is 0 Å². The number of Topliss-reactive ketones (excluding diaryl/α,β-unsaturated/α-hetero) is 2. The molecule has 3 fully saturated rings. The van der Waals surface area contributed by atoms with E-state index in [4.69, 9.17) is 4.74 Å². The number of ketones is 2. The van der Waals surface area contributed by atoms with Gasteiger partial charge in [0.25, 0.3) is 0 Å². The lowest BCUT2D eigenvalue weighted by atomic mass is 9.70. The summed E-state index contributed by atoms with van der Waals surface area (Å²) in [5.41, 5.74) is 0. The number of carbonyl (C=O) groups excluding carboxylic acids is 2. The van der Waals surface area contributed by atoms with E-state index in [1.165, 1.54) is 12.8 Å². The van der Waals surface area contributed by atoms with Crippen LogP contribution in [-0.4, -0.2) is 24.8 Å². The smallest absolute Gasteiger partial charge is 0.139 e. The molecule has 0 atom stereocenters. The number of hydrogen-bond donors (Lipinski definition) is 0. The second kappa shape index (κ2) is 8.79. The van der Waals surface area contributed by atoms with Gasteiger partial charge in [-0.3, -0.25) is 9.59 Å². The summed E-state index contributed by atoms with van der Waals surface area (Å²) in [6.07, 6.45) is 12.8. The topological polar surface area (TPSA) is 43.4 Å². The van der Waals surface area contributed by atoms with Crippen LogP contribution in [0.1, 0.15) is 84.0 Å². The number of ether oxygens (including phenoxy) is 1. The molecule has 0 amide bonds. The quantitative estimate of drug-likeness (QED) is 0.705. The van der Waals surface area contributed by atoms with Gasteiger partial charge < -0.3 is 4.74 Å². The van der Waals surface area contributed by atoms with E-state index < -0.39 is 0 Å². The molecule has 0 spiro atoms. The molecule has 0 heterocycles. The van der Waals surface area contributed by atoms with Crippen LogP contribution in [0, 0.1) is 29.6 Å². The zero-order valence-electron chi connectivity index (χ0n) is 16.2. The van der Waals surface area contributed by atoms with Crippen LogP contribution in [-0.2, 0) is 14.3 Å². The van der Waals surface area contributed by atoms with Gasteiger partial charge >= 0.3 is 0 Å². The average Bonchev–Trinajstić information content (AvgIpc) is 2.67. The molecule has 3 rings (SSSR count). The maximum absolute atomic E-state index is 12.8. The molecule has 0 aromatic heterocycles. The maximum atomic E-state index is 12.8. The third kappa shape index (κ3) is 4.72. The minimum Gasteiger partial charge on any atom is -0.381 e. The number of hydrogen-bond acceptors (Lipinski definition) is 3. The van der Waals surface area contributed by atoms with E-state index >= 15 is 0 Å². The molecule has 142 valence electrons. The van der Waals surface area contributed by atoms with E-state index in [9.17, 15) is 9.59 Å². The minimum atomic E-state index is 0.222. The van der Waals surface area contributed by atoms with Crippen LogP contribution in [0.25, 0.3) is 0 Å². The third-order valence-electron chi connectivity index (χ3n) is 7.36. The van der Waals surface area contributed by atoms with Crippen molar-refractivity contribution in [2.24, 2.45) is 29.6 Å². The molecule has 0 saturated heterocycles. The van der Waals surface area contributed by atoms with Crippen molar-refractivity contribution in [3.63, 3.8) is 0 Å². The average molecular weight is 349 g/mol. The molecule has 3 saturated carbocycles. The highest BCUT2D eigenvalue weighted by atomic mass is 16.5. The van der Waals surface area contributed by atoms with Crippen molar-refractivity contribution in [2.75, 3.05) is 7.11 Å². The molecule has 0 aromatic carbocycles. The lowest BCUT2D eigenvalue weighted by molar-refractivity contribution is -0.134. The van der Waals surface area contributed by atoms with E-state index in [0.717, 1.165) is 70.1 Å². The zero-order chi connectivity index (χ0) is 17.8. The van der Waals surface area contributed by atoms with Gasteiger partial charge in [-0.2, -0.15) is 0 Å². The van der Waals surface area contributed by atoms with E-state index in [1.54, 1.807) is 7.11 Å². The molecule has 3 heteroatoms. The first-order valence-corrected chi connectivity index (χ1v) is 10.7. The van der Waals surface area contributed by atoms with Crippen LogP contribution in [0.15, 0.2) is 0 Å². The number of methoxy groups -OCH3 is 1. The summed E-state index contributed by atoms with van der Waals surface area (Å²) in [4.78, 5) is 25.6. The molecular weight excluding hydrogens is 312 g/mol. The van der Waals surface area contributed by atoms with Crippen LogP contribution in [0.2, 0.25) is 0 Å². The van der Waals surface area contributed by atoms with Crippen molar-refractivity contribution in [1.29, 1.82) is 0 Å². The molecule has 0 aromatic rings. The largest absolute Gasteiger partial charge is 0.381 e.